The lowest BCUT2D eigenvalue weighted by molar-refractivity contribution is 0.247. The monoisotopic (exact) mass is 183 g/mol. The Balaban J connectivity index is 2.35. The second-order valence-electron chi connectivity index (χ2n) is 2.12. The molecule has 0 aliphatic heterocycles. The van der Waals surface area contributed by atoms with E-state index in [9.17, 15) is 4.79 Å². The second-order valence-corrected chi connectivity index (χ2v) is 2.12. The van der Waals surface area contributed by atoms with Crippen molar-refractivity contribution in [3.8, 4) is 0 Å². The van der Waals surface area contributed by atoms with Crippen LogP contribution in [0.15, 0.2) is 21.9 Å². The summed E-state index contributed by atoms with van der Waals surface area (Å²) in [6, 6.07) is -0.627. The maximum Gasteiger partial charge on any atom is 0.344 e. The highest BCUT2D eigenvalue weighted by Gasteiger charge is 2.00. The van der Waals surface area contributed by atoms with Crippen molar-refractivity contribution >= 4 is 12.0 Å². The summed E-state index contributed by atoms with van der Waals surface area (Å²) in [5, 5.41) is 2.37. The lowest BCUT2D eigenvalue weighted by Gasteiger charge is -1.96. The van der Waals surface area contributed by atoms with Gasteiger partial charge in [0.1, 0.15) is 6.26 Å². The van der Waals surface area contributed by atoms with Gasteiger partial charge in [0.05, 0.1) is 12.7 Å². The summed E-state index contributed by atoms with van der Waals surface area (Å²) in [6.45, 7) is 0.155. The van der Waals surface area contributed by atoms with Gasteiger partial charge in [-0.1, -0.05) is 0 Å². The zero-order chi connectivity index (χ0) is 9.68. The van der Waals surface area contributed by atoms with E-state index < -0.39 is 6.03 Å². The number of nitrogens with zero attached hydrogens (tertiary/aromatic N) is 2. The molecule has 0 bridgehead atoms. The van der Waals surface area contributed by atoms with E-state index in [1.54, 1.807) is 0 Å². The normalized spacial score (nSPS) is 9.23. The topological polar surface area (TPSA) is 120 Å². The first-order valence-electron chi connectivity index (χ1n) is 3.44. The molecule has 2 amide bonds. The third kappa shape index (κ3) is 3.23. The van der Waals surface area contributed by atoms with Gasteiger partial charge in [-0.15, -0.1) is 0 Å². The molecular formula is C6H9N5O2. The third-order valence-electron chi connectivity index (χ3n) is 1.10. The SMILES string of the molecule is NC(N)=NC(=O)NCc1ncco1. The average Bonchev–Trinajstić information content (AvgIpc) is 2.51. The van der Waals surface area contributed by atoms with Crippen LogP contribution in [0.25, 0.3) is 0 Å². The Kier molecular flexibility index (Phi) is 2.85. The number of rotatable bonds is 2. The first-order chi connectivity index (χ1) is 6.18. The summed E-state index contributed by atoms with van der Waals surface area (Å²) < 4.78 is 4.85. The summed E-state index contributed by atoms with van der Waals surface area (Å²) in [4.78, 5) is 17.8. The van der Waals surface area contributed by atoms with Crippen molar-refractivity contribution in [2.75, 3.05) is 0 Å². The van der Waals surface area contributed by atoms with E-state index in [1.165, 1.54) is 12.5 Å². The van der Waals surface area contributed by atoms with Crippen molar-refractivity contribution in [3.05, 3.63) is 18.4 Å². The molecule has 0 saturated carbocycles. The molecule has 0 unspecified atom stereocenters. The van der Waals surface area contributed by atoms with Crippen molar-refractivity contribution in [2.24, 2.45) is 16.5 Å². The van der Waals surface area contributed by atoms with Crippen LogP contribution >= 0.6 is 0 Å². The van der Waals surface area contributed by atoms with Crippen molar-refractivity contribution in [3.63, 3.8) is 0 Å². The standard InChI is InChI=1S/C6H9N5O2/c7-5(8)11-6(12)10-3-4-9-1-2-13-4/h1-2H,3H2,(H5,7,8,10,11,12). The summed E-state index contributed by atoms with van der Waals surface area (Å²) in [7, 11) is 0. The fourth-order valence-corrected chi connectivity index (χ4v) is 0.648. The minimum Gasteiger partial charge on any atom is -0.447 e. The van der Waals surface area contributed by atoms with Gasteiger partial charge >= 0.3 is 6.03 Å². The molecule has 70 valence electrons. The van der Waals surface area contributed by atoms with Crippen molar-refractivity contribution in [2.45, 2.75) is 6.54 Å². The number of carbonyl (C=O) groups is 1. The number of urea groups is 1. The first kappa shape index (κ1) is 9.04. The van der Waals surface area contributed by atoms with Crippen LogP contribution in [0.3, 0.4) is 0 Å². The van der Waals surface area contributed by atoms with Crippen LogP contribution in [-0.4, -0.2) is 17.0 Å². The minimum atomic E-state index is -0.627. The van der Waals surface area contributed by atoms with E-state index in [2.05, 4.69) is 15.3 Å². The zero-order valence-corrected chi connectivity index (χ0v) is 6.73. The lowest BCUT2D eigenvalue weighted by Crippen LogP contribution is -2.28. The van der Waals surface area contributed by atoms with Crippen LogP contribution in [-0.2, 0) is 6.54 Å². The number of nitrogens with two attached hydrogens (primary N) is 2. The molecular weight excluding hydrogens is 174 g/mol. The molecule has 13 heavy (non-hydrogen) atoms. The molecule has 0 aliphatic rings. The van der Waals surface area contributed by atoms with Crippen LogP contribution in [0.5, 0.6) is 0 Å². The van der Waals surface area contributed by atoms with Crippen LogP contribution in [0.4, 0.5) is 4.79 Å². The van der Waals surface area contributed by atoms with E-state index >= 15 is 0 Å². The van der Waals surface area contributed by atoms with Crippen LogP contribution in [0.2, 0.25) is 0 Å². The molecule has 1 heterocycles. The first-order valence-corrected chi connectivity index (χ1v) is 3.44. The summed E-state index contributed by atoms with van der Waals surface area (Å²) in [5.41, 5.74) is 9.94. The molecule has 1 aromatic rings. The van der Waals surface area contributed by atoms with Gasteiger partial charge in [0.2, 0.25) is 5.89 Å². The number of aromatic nitrogens is 1. The van der Waals surface area contributed by atoms with E-state index in [0.29, 0.717) is 5.89 Å². The van der Waals surface area contributed by atoms with Gasteiger partial charge < -0.3 is 21.2 Å². The molecule has 0 saturated heterocycles. The molecule has 0 aliphatic carbocycles. The maximum absolute atomic E-state index is 10.8. The molecule has 0 radical (unpaired) electrons. The minimum absolute atomic E-state index is 0.155. The lowest BCUT2D eigenvalue weighted by atomic mass is 10.6. The molecule has 0 fully saturated rings. The van der Waals surface area contributed by atoms with E-state index in [1.807, 2.05) is 0 Å². The Morgan fingerprint density at radius 2 is 2.46 bits per heavy atom. The van der Waals surface area contributed by atoms with E-state index in [0.717, 1.165) is 0 Å². The Morgan fingerprint density at radius 3 is 3.00 bits per heavy atom. The molecule has 7 nitrogen and oxygen atoms in total. The van der Waals surface area contributed by atoms with E-state index in [4.69, 9.17) is 15.9 Å². The fraction of sp³-hybridized carbons (Fsp3) is 0.167. The number of guanidine groups is 1. The zero-order valence-electron chi connectivity index (χ0n) is 6.73. The Morgan fingerprint density at radius 1 is 1.69 bits per heavy atom. The van der Waals surface area contributed by atoms with Gasteiger partial charge in [-0.2, -0.15) is 4.99 Å². The van der Waals surface area contributed by atoms with Gasteiger partial charge in [-0.3, -0.25) is 0 Å². The van der Waals surface area contributed by atoms with Gasteiger partial charge in [-0.05, 0) is 0 Å². The number of carbonyl (C=O) groups excluding carboxylic acids is 1. The van der Waals surface area contributed by atoms with Gasteiger partial charge in [0.25, 0.3) is 0 Å². The molecule has 0 spiro atoms. The average molecular weight is 183 g/mol. The summed E-state index contributed by atoms with van der Waals surface area (Å²) in [5.74, 6) is 0.101. The molecule has 1 aromatic heterocycles. The maximum atomic E-state index is 10.8. The second kappa shape index (κ2) is 4.10. The Bertz CT molecular complexity index is 301. The largest absolute Gasteiger partial charge is 0.447 e. The molecule has 0 aromatic carbocycles. The van der Waals surface area contributed by atoms with Crippen LogP contribution < -0.4 is 16.8 Å². The van der Waals surface area contributed by atoms with Crippen molar-refractivity contribution < 1.29 is 9.21 Å². The van der Waals surface area contributed by atoms with Gasteiger partial charge in [0.15, 0.2) is 5.96 Å². The number of nitrogens with one attached hydrogen (secondary N) is 1. The van der Waals surface area contributed by atoms with E-state index in [-0.39, 0.29) is 12.5 Å². The molecule has 7 heteroatoms. The molecule has 0 atom stereocenters. The van der Waals surface area contributed by atoms with Crippen molar-refractivity contribution in [1.29, 1.82) is 0 Å². The number of amides is 2. The number of aliphatic imine (C=N–C) groups is 1. The smallest absolute Gasteiger partial charge is 0.344 e. The highest BCUT2D eigenvalue weighted by Crippen LogP contribution is 1.92. The van der Waals surface area contributed by atoms with Crippen LogP contribution in [0.1, 0.15) is 5.89 Å². The fourth-order valence-electron chi connectivity index (χ4n) is 0.648. The highest BCUT2D eigenvalue weighted by atomic mass is 16.3. The third-order valence-corrected chi connectivity index (χ3v) is 1.10. The number of oxazole rings is 1. The van der Waals surface area contributed by atoms with Gasteiger partial charge in [-0.25, -0.2) is 9.78 Å². The molecule has 5 N–H and O–H groups in total. The predicted octanol–water partition coefficient (Wildman–Crippen LogP) is -0.842. The predicted molar refractivity (Wildman–Crippen MR) is 44.5 cm³/mol. The Labute approximate surface area is 73.8 Å². The van der Waals surface area contributed by atoms with Crippen molar-refractivity contribution in [1.82, 2.24) is 10.3 Å². The quantitative estimate of drug-likeness (QED) is 0.407. The van der Waals surface area contributed by atoms with Crippen LogP contribution in [0, 0.1) is 0 Å². The highest BCUT2D eigenvalue weighted by molar-refractivity contribution is 5.90. The number of hydrogen-bond acceptors (Lipinski definition) is 3. The molecule has 1 rings (SSSR count). The summed E-state index contributed by atoms with van der Waals surface area (Å²) >= 11 is 0. The number of hydrogen-bond donors (Lipinski definition) is 3. The van der Waals surface area contributed by atoms with Gasteiger partial charge in [0, 0.05) is 0 Å². The Hall–Kier alpha value is -2.05. The summed E-state index contributed by atoms with van der Waals surface area (Å²) in [6.07, 6.45) is 2.88.